The van der Waals surface area contributed by atoms with Crippen LogP contribution in [-0.2, 0) is 4.79 Å². The molecular weight excluding hydrogens is 383 g/mol. The normalized spacial score (nSPS) is 20.1. The molecule has 0 unspecified atom stereocenters. The van der Waals surface area contributed by atoms with E-state index in [4.69, 9.17) is 9.52 Å². The van der Waals surface area contributed by atoms with Gasteiger partial charge in [0.05, 0.1) is 11.5 Å². The van der Waals surface area contributed by atoms with Crippen LogP contribution in [0.2, 0.25) is 0 Å². The van der Waals surface area contributed by atoms with Crippen LogP contribution >= 0.6 is 15.9 Å². The van der Waals surface area contributed by atoms with Crippen molar-refractivity contribution in [2.45, 2.75) is 25.3 Å². The zero-order valence-corrected chi connectivity index (χ0v) is 14.0. The molecule has 2 N–H and O–H groups in total. The lowest BCUT2D eigenvalue weighted by molar-refractivity contribution is -0.141. The van der Waals surface area contributed by atoms with Crippen molar-refractivity contribution in [2.75, 3.05) is 0 Å². The molecule has 1 aliphatic carbocycles. The molecule has 1 amide bonds. The summed E-state index contributed by atoms with van der Waals surface area (Å²) in [6, 6.07) is 4.22. The zero-order valence-electron chi connectivity index (χ0n) is 12.5. The molecule has 126 valence electrons. The standard InChI is InChI=1S/C16H14BrFN2O4/c17-9-2-4-11(12(18)6-9)15-20-13(7-24-15)14(21)19-10-3-1-8(5-10)16(22)23/h2,4,6-8,10H,1,3,5H2,(H,19,21)(H,22,23)/t8-,10+/m0/s1. The third-order valence-electron chi connectivity index (χ3n) is 4.02. The Morgan fingerprint density at radius 3 is 2.83 bits per heavy atom. The lowest BCUT2D eigenvalue weighted by Crippen LogP contribution is -2.33. The quantitative estimate of drug-likeness (QED) is 0.827. The van der Waals surface area contributed by atoms with Gasteiger partial charge in [0.25, 0.3) is 5.91 Å². The van der Waals surface area contributed by atoms with Crippen LogP contribution in [0.4, 0.5) is 4.39 Å². The van der Waals surface area contributed by atoms with E-state index in [0.29, 0.717) is 23.7 Å². The number of rotatable bonds is 4. The SMILES string of the molecule is O=C(N[C@@H]1CC[C@H](C(=O)O)C1)c1coc(-c2ccc(Br)cc2F)n1. The number of carboxylic acid groups (broad SMARTS) is 1. The van der Waals surface area contributed by atoms with E-state index in [9.17, 15) is 14.0 Å². The van der Waals surface area contributed by atoms with E-state index < -0.39 is 23.6 Å². The number of oxazole rings is 1. The summed E-state index contributed by atoms with van der Waals surface area (Å²) in [6.45, 7) is 0. The number of aliphatic carboxylic acids is 1. The van der Waals surface area contributed by atoms with Gasteiger partial charge in [-0.15, -0.1) is 0 Å². The Morgan fingerprint density at radius 2 is 2.17 bits per heavy atom. The first-order valence-electron chi connectivity index (χ1n) is 7.38. The predicted molar refractivity (Wildman–Crippen MR) is 85.8 cm³/mol. The molecule has 0 spiro atoms. The summed E-state index contributed by atoms with van der Waals surface area (Å²) < 4.78 is 19.7. The van der Waals surface area contributed by atoms with Crippen molar-refractivity contribution in [2.24, 2.45) is 5.92 Å². The maximum Gasteiger partial charge on any atom is 0.306 e. The summed E-state index contributed by atoms with van der Waals surface area (Å²) in [4.78, 5) is 27.1. The van der Waals surface area contributed by atoms with Gasteiger partial charge in [0, 0.05) is 10.5 Å². The number of halogens is 2. The Hall–Kier alpha value is -2.22. The Balaban J connectivity index is 1.69. The minimum absolute atomic E-state index is 0.0139. The van der Waals surface area contributed by atoms with Gasteiger partial charge in [0.15, 0.2) is 5.69 Å². The fraction of sp³-hybridized carbons (Fsp3) is 0.312. The lowest BCUT2D eigenvalue weighted by Gasteiger charge is -2.10. The van der Waals surface area contributed by atoms with E-state index in [-0.39, 0.29) is 23.2 Å². The first-order valence-corrected chi connectivity index (χ1v) is 8.18. The Morgan fingerprint density at radius 1 is 1.38 bits per heavy atom. The number of aromatic nitrogens is 1. The van der Waals surface area contributed by atoms with Crippen molar-refractivity contribution in [1.29, 1.82) is 0 Å². The van der Waals surface area contributed by atoms with E-state index in [1.54, 1.807) is 6.07 Å². The smallest absolute Gasteiger partial charge is 0.306 e. The van der Waals surface area contributed by atoms with Gasteiger partial charge < -0.3 is 14.8 Å². The number of carbonyl (C=O) groups excluding carboxylic acids is 1. The number of hydrogen-bond acceptors (Lipinski definition) is 4. The third-order valence-corrected chi connectivity index (χ3v) is 4.51. The minimum atomic E-state index is -0.846. The predicted octanol–water partition coefficient (Wildman–Crippen LogP) is 3.23. The van der Waals surface area contributed by atoms with Gasteiger partial charge in [-0.3, -0.25) is 9.59 Å². The molecule has 8 heteroatoms. The first kappa shape index (κ1) is 16.6. The van der Waals surface area contributed by atoms with E-state index in [2.05, 4.69) is 26.2 Å². The molecule has 1 saturated carbocycles. The summed E-state index contributed by atoms with van der Waals surface area (Å²) in [7, 11) is 0. The molecule has 0 radical (unpaired) electrons. The van der Waals surface area contributed by atoms with Gasteiger partial charge >= 0.3 is 5.97 Å². The lowest BCUT2D eigenvalue weighted by atomic mass is 10.1. The number of amides is 1. The summed E-state index contributed by atoms with van der Waals surface area (Å²) in [5.74, 6) is -2.24. The highest BCUT2D eigenvalue weighted by atomic mass is 79.9. The van der Waals surface area contributed by atoms with E-state index in [1.165, 1.54) is 12.1 Å². The topological polar surface area (TPSA) is 92.4 Å². The third kappa shape index (κ3) is 3.48. The molecule has 24 heavy (non-hydrogen) atoms. The second kappa shape index (κ2) is 6.72. The molecule has 3 rings (SSSR count). The van der Waals surface area contributed by atoms with Crippen LogP contribution < -0.4 is 5.32 Å². The van der Waals surface area contributed by atoms with Crippen molar-refractivity contribution < 1.29 is 23.5 Å². The van der Waals surface area contributed by atoms with Crippen molar-refractivity contribution in [3.05, 3.63) is 40.4 Å². The fourth-order valence-corrected chi connectivity index (χ4v) is 3.09. The first-order chi connectivity index (χ1) is 11.4. The molecule has 1 aromatic carbocycles. The number of nitrogens with one attached hydrogen (secondary N) is 1. The van der Waals surface area contributed by atoms with Gasteiger partial charge in [0.2, 0.25) is 5.89 Å². The molecule has 1 aromatic heterocycles. The van der Waals surface area contributed by atoms with E-state index >= 15 is 0 Å². The highest BCUT2D eigenvalue weighted by molar-refractivity contribution is 9.10. The van der Waals surface area contributed by atoms with Crippen molar-refractivity contribution in [3.8, 4) is 11.5 Å². The molecule has 2 atom stereocenters. The average molecular weight is 397 g/mol. The monoisotopic (exact) mass is 396 g/mol. The van der Waals surface area contributed by atoms with Crippen molar-refractivity contribution >= 4 is 27.8 Å². The summed E-state index contributed by atoms with van der Waals surface area (Å²) in [5, 5.41) is 11.7. The zero-order chi connectivity index (χ0) is 17.3. The fourth-order valence-electron chi connectivity index (χ4n) is 2.76. The van der Waals surface area contributed by atoms with Crippen LogP contribution in [0.1, 0.15) is 29.8 Å². The van der Waals surface area contributed by atoms with Gasteiger partial charge in [-0.25, -0.2) is 9.37 Å². The Labute approximate surface area is 145 Å². The molecule has 6 nitrogen and oxygen atoms in total. The number of carboxylic acids is 1. The maximum absolute atomic E-state index is 13.9. The van der Waals surface area contributed by atoms with Crippen molar-refractivity contribution in [1.82, 2.24) is 10.3 Å². The number of hydrogen-bond donors (Lipinski definition) is 2. The molecular formula is C16H14BrFN2O4. The van der Waals surface area contributed by atoms with Gasteiger partial charge in [0.1, 0.15) is 12.1 Å². The number of benzene rings is 1. The summed E-state index contributed by atoms with van der Waals surface area (Å²) in [6.07, 6.45) is 2.70. The molecule has 0 bridgehead atoms. The maximum atomic E-state index is 13.9. The molecule has 2 aromatic rings. The summed E-state index contributed by atoms with van der Waals surface area (Å²) >= 11 is 3.16. The van der Waals surface area contributed by atoms with Crippen LogP contribution in [-0.4, -0.2) is 28.0 Å². The van der Waals surface area contributed by atoms with Crippen LogP contribution in [0.15, 0.2) is 33.4 Å². The Kier molecular flexibility index (Phi) is 4.66. The molecule has 1 aliphatic rings. The summed E-state index contributed by atoms with van der Waals surface area (Å²) in [5.41, 5.74) is 0.190. The van der Waals surface area contributed by atoms with Crippen LogP contribution in [0.25, 0.3) is 11.5 Å². The minimum Gasteiger partial charge on any atom is -0.481 e. The second-order valence-corrected chi connectivity index (χ2v) is 6.60. The Bertz CT molecular complexity index is 792. The highest BCUT2D eigenvalue weighted by Gasteiger charge is 2.31. The van der Waals surface area contributed by atoms with E-state index in [1.807, 2.05) is 0 Å². The van der Waals surface area contributed by atoms with Gasteiger partial charge in [-0.05, 0) is 37.5 Å². The molecule has 0 saturated heterocycles. The van der Waals surface area contributed by atoms with Gasteiger partial charge in [-0.2, -0.15) is 0 Å². The number of carbonyl (C=O) groups is 2. The van der Waals surface area contributed by atoms with Crippen LogP contribution in [0.3, 0.4) is 0 Å². The molecule has 1 heterocycles. The van der Waals surface area contributed by atoms with Crippen LogP contribution in [0, 0.1) is 11.7 Å². The van der Waals surface area contributed by atoms with Crippen molar-refractivity contribution in [3.63, 3.8) is 0 Å². The molecule has 1 fully saturated rings. The second-order valence-electron chi connectivity index (χ2n) is 5.68. The van der Waals surface area contributed by atoms with Crippen LogP contribution in [0.5, 0.6) is 0 Å². The average Bonchev–Trinajstić information content (AvgIpc) is 3.16. The highest BCUT2D eigenvalue weighted by Crippen LogP contribution is 2.27. The largest absolute Gasteiger partial charge is 0.481 e. The van der Waals surface area contributed by atoms with E-state index in [0.717, 1.165) is 6.26 Å². The van der Waals surface area contributed by atoms with Gasteiger partial charge in [-0.1, -0.05) is 15.9 Å². The number of nitrogens with zero attached hydrogens (tertiary/aromatic N) is 1. The molecule has 0 aliphatic heterocycles.